The Balaban J connectivity index is 1.47. The Morgan fingerprint density at radius 2 is 1.88 bits per heavy atom. The molecule has 0 radical (unpaired) electrons. The number of halogens is 1. The Morgan fingerprint density at radius 1 is 1.04 bits per heavy atom. The Labute approximate surface area is 154 Å². The number of amides is 2. The van der Waals surface area contributed by atoms with Crippen molar-refractivity contribution in [3.8, 4) is 0 Å². The smallest absolute Gasteiger partial charge is 0.322 e. The second kappa shape index (κ2) is 7.42. The number of anilines is 2. The van der Waals surface area contributed by atoms with Crippen LogP contribution in [0.1, 0.15) is 32.1 Å². The van der Waals surface area contributed by atoms with E-state index in [4.69, 9.17) is 11.6 Å². The van der Waals surface area contributed by atoms with Gasteiger partial charge >= 0.3 is 6.03 Å². The lowest BCUT2D eigenvalue weighted by Crippen LogP contribution is -2.53. The third-order valence-electron chi connectivity index (χ3n) is 5.77. The lowest BCUT2D eigenvalue weighted by atomic mass is 10.1. The predicted octanol–water partition coefficient (Wildman–Crippen LogP) is 3.64. The van der Waals surface area contributed by atoms with E-state index in [1.807, 2.05) is 23.1 Å². The summed E-state index contributed by atoms with van der Waals surface area (Å²) in [6.45, 7) is 5.92. The summed E-state index contributed by atoms with van der Waals surface area (Å²) in [4.78, 5) is 19.7. The maximum absolute atomic E-state index is 12.8. The number of urea groups is 1. The number of hydrogen-bond acceptors (Lipinski definition) is 3. The van der Waals surface area contributed by atoms with Crippen LogP contribution >= 0.6 is 11.6 Å². The van der Waals surface area contributed by atoms with Gasteiger partial charge in [0.25, 0.3) is 0 Å². The molecule has 2 amide bonds. The van der Waals surface area contributed by atoms with Gasteiger partial charge in [-0.15, -0.1) is 0 Å². The number of piperazine rings is 1. The molecule has 0 bridgehead atoms. The van der Waals surface area contributed by atoms with Crippen LogP contribution in [0.3, 0.4) is 0 Å². The molecular formula is C19H27ClN4O. The minimum absolute atomic E-state index is 0.00655. The highest BCUT2D eigenvalue weighted by Gasteiger charge is 2.32. The van der Waals surface area contributed by atoms with E-state index in [1.165, 1.54) is 38.6 Å². The van der Waals surface area contributed by atoms with Crippen LogP contribution in [0.5, 0.6) is 0 Å². The van der Waals surface area contributed by atoms with Crippen molar-refractivity contribution < 1.29 is 4.79 Å². The third-order valence-corrected chi connectivity index (χ3v) is 6.01. The molecule has 4 rings (SSSR count). The van der Waals surface area contributed by atoms with Gasteiger partial charge in [-0.2, -0.15) is 0 Å². The summed E-state index contributed by atoms with van der Waals surface area (Å²) >= 11 is 6.21. The minimum Gasteiger partial charge on any atom is -0.370 e. The number of nitrogens with one attached hydrogen (secondary N) is 1. The Bertz CT molecular complexity index is 632. The molecule has 6 heteroatoms. The zero-order valence-electron chi connectivity index (χ0n) is 14.7. The molecule has 3 fully saturated rings. The highest BCUT2D eigenvalue weighted by atomic mass is 35.5. The quantitative estimate of drug-likeness (QED) is 0.872. The Kier molecular flexibility index (Phi) is 5.04. The van der Waals surface area contributed by atoms with E-state index in [-0.39, 0.29) is 6.03 Å². The van der Waals surface area contributed by atoms with Crippen LogP contribution < -0.4 is 10.2 Å². The predicted molar refractivity (Wildman–Crippen MR) is 103 cm³/mol. The fraction of sp³-hybridized carbons (Fsp3) is 0.632. The SMILES string of the molecule is O=C(Nc1cc(Cl)ccc1N1CCCCC1)N1CCN2CCCC2C1. The number of carbonyl (C=O) groups is 1. The van der Waals surface area contributed by atoms with Crippen LogP contribution in [0, 0.1) is 0 Å². The van der Waals surface area contributed by atoms with Crippen molar-refractivity contribution in [2.45, 2.75) is 38.1 Å². The third kappa shape index (κ3) is 3.72. The standard InChI is InChI=1S/C19H27ClN4O/c20-15-6-7-18(23-8-2-1-3-9-23)17(13-15)21-19(25)24-12-11-22-10-4-5-16(22)14-24/h6-7,13,16H,1-5,8-12,14H2,(H,21,25). The van der Waals surface area contributed by atoms with Gasteiger partial charge < -0.3 is 15.1 Å². The van der Waals surface area contributed by atoms with Crippen molar-refractivity contribution in [2.75, 3.05) is 49.5 Å². The molecule has 0 aliphatic carbocycles. The zero-order valence-corrected chi connectivity index (χ0v) is 15.5. The molecular weight excluding hydrogens is 336 g/mol. The van der Waals surface area contributed by atoms with Gasteiger partial charge in [0, 0.05) is 43.8 Å². The normalized spacial score (nSPS) is 24.3. The summed E-state index contributed by atoms with van der Waals surface area (Å²) in [6.07, 6.45) is 6.17. The van der Waals surface area contributed by atoms with Crippen LogP contribution in [0.25, 0.3) is 0 Å². The summed E-state index contributed by atoms with van der Waals surface area (Å²) in [5.74, 6) is 0. The van der Waals surface area contributed by atoms with Gasteiger partial charge in [-0.25, -0.2) is 4.79 Å². The molecule has 1 atom stereocenters. The van der Waals surface area contributed by atoms with Crippen molar-refractivity contribution >= 4 is 29.0 Å². The van der Waals surface area contributed by atoms with Gasteiger partial charge in [-0.3, -0.25) is 4.90 Å². The molecule has 3 saturated heterocycles. The minimum atomic E-state index is 0.00655. The number of rotatable bonds is 2. The first kappa shape index (κ1) is 17.0. The summed E-state index contributed by atoms with van der Waals surface area (Å²) < 4.78 is 0. The molecule has 3 heterocycles. The van der Waals surface area contributed by atoms with Crippen LogP contribution in [0.15, 0.2) is 18.2 Å². The second-order valence-corrected chi connectivity index (χ2v) is 7.85. The molecule has 1 aromatic carbocycles. The molecule has 5 nitrogen and oxygen atoms in total. The molecule has 136 valence electrons. The van der Waals surface area contributed by atoms with Crippen LogP contribution in [-0.4, -0.2) is 61.1 Å². The van der Waals surface area contributed by atoms with E-state index in [0.29, 0.717) is 11.1 Å². The fourth-order valence-electron chi connectivity index (χ4n) is 4.39. The number of benzene rings is 1. The molecule has 25 heavy (non-hydrogen) atoms. The van der Waals surface area contributed by atoms with E-state index in [2.05, 4.69) is 15.1 Å². The van der Waals surface area contributed by atoms with Gasteiger partial charge in [0.2, 0.25) is 0 Å². The first-order valence-electron chi connectivity index (χ1n) is 9.55. The monoisotopic (exact) mass is 362 g/mol. The Morgan fingerprint density at radius 3 is 2.72 bits per heavy atom. The molecule has 0 saturated carbocycles. The first-order chi connectivity index (χ1) is 12.2. The average Bonchev–Trinajstić information content (AvgIpc) is 3.10. The van der Waals surface area contributed by atoms with Gasteiger partial charge in [0.05, 0.1) is 11.4 Å². The van der Waals surface area contributed by atoms with Crippen molar-refractivity contribution in [3.63, 3.8) is 0 Å². The maximum Gasteiger partial charge on any atom is 0.322 e. The van der Waals surface area contributed by atoms with Crippen LogP contribution in [0.2, 0.25) is 5.02 Å². The molecule has 0 aromatic heterocycles. The van der Waals surface area contributed by atoms with E-state index >= 15 is 0 Å². The van der Waals surface area contributed by atoms with Gasteiger partial charge in [-0.1, -0.05) is 11.6 Å². The molecule has 1 unspecified atom stereocenters. The topological polar surface area (TPSA) is 38.8 Å². The first-order valence-corrected chi connectivity index (χ1v) is 9.93. The fourth-order valence-corrected chi connectivity index (χ4v) is 4.56. The summed E-state index contributed by atoms with van der Waals surface area (Å²) in [7, 11) is 0. The Hall–Kier alpha value is -1.46. The number of nitrogens with zero attached hydrogens (tertiary/aromatic N) is 3. The van der Waals surface area contributed by atoms with Crippen LogP contribution in [-0.2, 0) is 0 Å². The number of fused-ring (bicyclic) bond motifs is 1. The highest BCUT2D eigenvalue weighted by Crippen LogP contribution is 2.32. The van der Waals surface area contributed by atoms with E-state index in [1.54, 1.807) is 0 Å². The second-order valence-electron chi connectivity index (χ2n) is 7.42. The van der Waals surface area contributed by atoms with E-state index in [0.717, 1.165) is 44.1 Å². The van der Waals surface area contributed by atoms with Crippen molar-refractivity contribution in [3.05, 3.63) is 23.2 Å². The van der Waals surface area contributed by atoms with Crippen molar-refractivity contribution in [1.82, 2.24) is 9.80 Å². The molecule has 0 spiro atoms. The zero-order chi connectivity index (χ0) is 17.2. The van der Waals surface area contributed by atoms with E-state index < -0.39 is 0 Å². The molecule has 1 aromatic rings. The van der Waals surface area contributed by atoms with Crippen molar-refractivity contribution in [2.24, 2.45) is 0 Å². The maximum atomic E-state index is 12.8. The largest absolute Gasteiger partial charge is 0.370 e. The number of carbonyl (C=O) groups excluding carboxylic acids is 1. The highest BCUT2D eigenvalue weighted by molar-refractivity contribution is 6.31. The van der Waals surface area contributed by atoms with Crippen molar-refractivity contribution in [1.29, 1.82) is 0 Å². The summed E-state index contributed by atoms with van der Waals surface area (Å²) in [5.41, 5.74) is 1.94. The van der Waals surface area contributed by atoms with Gasteiger partial charge in [-0.05, 0) is 56.8 Å². The van der Waals surface area contributed by atoms with Crippen LogP contribution in [0.4, 0.5) is 16.2 Å². The lowest BCUT2D eigenvalue weighted by Gasteiger charge is -2.37. The summed E-state index contributed by atoms with van der Waals surface area (Å²) in [5, 5.41) is 3.80. The number of hydrogen-bond donors (Lipinski definition) is 1. The number of piperidine rings is 1. The molecule has 3 aliphatic heterocycles. The van der Waals surface area contributed by atoms with Gasteiger partial charge in [0.1, 0.15) is 0 Å². The average molecular weight is 363 g/mol. The molecule has 3 aliphatic rings. The van der Waals surface area contributed by atoms with E-state index in [9.17, 15) is 4.79 Å². The van der Waals surface area contributed by atoms with Gasteiger partial charge in [0.15, 0.2) is 0 Å². The molecule has 1 N–H and O–H groups in total. The lowest BCUT2D eigenvalue weighted by molar-refractivity contribution is 0.124. The summed E-state index contributed by atoms with van der Waals surface area (Å²) in [6, 6.07) is 6.39.